The molecule has 0 aromatic carbocycles. The summed E-state index contributed by atoms with van der Waals surface area (Å²) in [5.74, 6) is 3.57. The van der Waals surface area contributed by atoms with Crippen LogP contribution in [-0.2, 0) is 16.1 Å². The van der Waals surface area contributed by atoms with Gasteiger partial charge in [0.2, 0.25) is 5.88 Å². The van der Waals surface area contributed by atoms with Crippen LogP contribution in [0.5, 0.6) is 11.6 Å². The predicted molar refractivity (Wildman–Crippen MR) is 81.9 cm³/mol. The molecule has 0 radical (unpaired) electrons. The van der Waals surface area contributed by atoms with Gasteiger partial charge < -0.3 is 18.9 Å². The molecule has 0 spiro atoms. The van der Waals surface area contributed by atoms with E-state index in [0.29, 0.717) is 30.5 Å². The van der Waals surface area contributed by atoms with E-state index in [4.69, 9.17) is 25.4 Å². The molecule has 2 aromatic rings. The van der Waals surface area contributed by atoms with E-state index in [2.05, 4.69) is 15.9 Å². The summed E-state index contributed by atoms with van der Waals surface area (Å²) in [5.41, 5.74) is 2.12. The third-order valence-corrected chi connectivity index (χ3v) is 3.37. The lowest BCUT2D eigenvalue weighted by molar-refractivity contribution is -0.0460. The summed E-state index contributed by atoms with van der Waals surface area (Å²) >= 11 is 0. The Bertz CT molecular complexity index is 721. The SMILES string of the molecule is C#Cc1ncccc1COc1cnc(OC)cc1C1OCCO1. The highest BCUT2D eigenvalue weighted by molar-refractivity contribution is 5.37. The second-order valence-corrected chi connectivity index (χ2v) is 4.78. The Morgan fingerprint density at radius 2 is 2.17 bits per heavy atom. The Morgan fingerprint density at radius 3 is 2.91 bits per heavy atom. The van der Waals surface area contributed by atoms with E-state index in [1.54, 1.807) is 25.6 Å². The van der Waals surface area contributed by atoms with E-state index in [1.165, 1.54) is 0 Å². The van der Waals surface area contributed by atoms with Gasteiger partial charge in [0.05, 0.1) is 32.1 Å². The van der Waals surface area contributed by atoms with Crippen molar-refractivity contribution in [2.75, 3.05) is 20.3 Å². The van der Waals surface area contributed by atoms with Crippen LogP contribution in [-0.4, -0.2) is 30.3 Å². The predicted octanol–water partition coefficient (Wildman–Crippen LogP) is 2.09. The summed E-state index contributed by atoms with van der Waals surface area (Å²) in [6.07, 6.45) is 8.21. The standard InChI is InChI=1S/C17H16N2O4/c1-3-14-12(5-4-6-18-14)11-23-15-10-19-16(20-2)9-13(15)17-21-7-8-22-17/h1,4-6,9-10,17H,7-8,11H2,2H3. The van der Waals surface area contributed by atoms with Crippen molar-refractivity contribution in [3.05, 3.63) is 47.4 Å². The molecular weight excluding hydrogens is 296 g/mol. The molecule has 23 heavy (non-hydrogen) atoms. The molecular formula is C17H16N2O4. The monoisotopic (exact) mass is 312 g/mol. The van der Waals surface area contributed by atoms with E-state index >= 15 is 0 Å². The summed E-state index contributed by atoms with van der Waals surface area (Å²) in [4.78, 5) is 8.31. The van der Waals surface area contributed by atoms with Crippen LogP contribution in [0.1, 0.15) is 23.1 Å². The van der Waals surface area contributed by atoms with Crippen LogP contribution >= 0.6 is 0 Å². The third kappa shape index (κ3) is 3.42. The van der Waals surface area contributed by atoms with E-state index in [9.17, 15) is 0 Å². The number of ether oxygens (including phenoxy) is 4. The third-order valence-electron chi connectivity index (χ3n) is 3.37. The lowest BCUT2D eigenvalue weighted by Crippen LogP contribution is -2.06. The van der Waals surface area contributed by atoms with Crippen molar-refractivity contribution >= 4 is 0 Å². The maximum absolute atomic E-state index is 5.86. The lowest BCUT2D eigenvalue weighted by Gasteiger charge is -2.16. The van der Waals surface area contributed by atoms with Gasteiger partial charge in [0.1, 0.15) is 18.1 Å². The van der Waals surface area contributed by atoms with E-state index in [-0.39, 0.29) is 6.61 Å². The van der Waals surface area contributed by atoms with Gasteiger partial charge >= 0.3 is 0 Å². The van der Waals surface area contributed by atoms with E-state index in [0.717, 1.165) is 11.1 Å². The minimum Gasteiger partial charge on any atom is -0.487 e. The number of nitrogens with zero attached hydrogens (tertiary/aromatic N) is 2. The lowest BCUT2D eigenvalue weighted by atomic mass is 10.2. The average Bonchev–Trinajstić information content (AvgIpc) is 3.14. The molecule has 0 saturated carbocycles. The van der Waals surface area contributed by atoms with Gasteiger partial charge in [0.25, 0.3) is 0 Å². The second-order valence-electron chi connectivity index (χ2n) is 4.78. The first kappa shape index (κ1) is 15.3. The summed E-state index contributed by atoms with van der Waals surface area (Å²) < 4.78 is 22.1. The number of aromatic nitrogens is 2. The number of rotatable bonds is 5. The van der Waals surface area contributed by atoms with Gasteiger partial charge in [-0.05, 0) is 12.0 Å². The molecule has 0 bridgehead atoms. The number of hydrogen-bond donors (Lipinski definition) is 0. The fourth-order valence-corrected chi connectivity index (χ4v) is 2.23. The normalized spacial score (nSPS) is 14.4. The van der Waals surface area contributed by atoms with Crippen LogP contribution in [0, 0.1) is 12.3 Å². The van der Waals surface area contributed by atoms with Crippen molar-refractivity contribution in [1.82, 2.24) is 9.97 Å². The molecule has 0 N–H and O–H groups in total. The highest BCUT2D eigenvalue weighted by Crippen LogP contribution is 2.33. The van der Waals surface area contributed by atoms with Crippen molar-refractivity contribution in [3.63, 3.8) is 0 Å². The fraction of sp³-hybridized carbons (Fsp3) is 0.294. The Kier molecular flexibility index (Phi) is 4.71. The number of hydrogen-bond acceptors (Lipinski definition) is 6. The first-order chi connectivity index (χ1) is 11.3. The van der Waals surface area contributed by atoms with Gasteiger partial charge in [-0.1, -0.05) is 6.07 Å². The molecule has 1 saturated heterocycles. The van der Waals surface area contributed by atoms with Gasteiger partial charge in [-0.15, -0.1) is 6.42 Å². The summed E-state index contributed by atoms with van der Waals surface area (Å²) in [7, 11) is 1.55. The molecule has 1 fully saturated rings. The summed E-state index contributed by atoms with van der Waals surface area (Å²) in [5, 5.41) is 0. The number of pyridine rings is 2. The minimum atomic E-state index is -0.483. The Labute approximate surface area is 134 Å². The van der Waals surface area contributed by atoms with Crippen molar-refractivity contribution < 1.29 is 18.9 Å². The highest BCUT2D eigenvalue weighted by Gasteiger charge is 2.23. The zero-order chi connectivity index (χ0) is 16.1. The first-order valence-corrected chi connectivity index (χ1v) is 7.12. The van der Waals surface area contributed by atoms with Crippen LogP contribution in [0.4, 0.5) is 0 Å². The van der Waals surface area contributed by atoms with Gasteiger partial charge in [-0.25, -0.2) is 9.97 Å². The molecule has 6 nitrogen and oxygen atoms in total. The van der Waals surface area contributed by atoms with Gasteiger partial charge in [-0.3, -0.25) is 0 Å². The van der Waals surface area contributed by atoms with Gasteiger partial charge in [0.15, 0.2) is 6.29 Å². The molecule has 1 aliphatic heterocycles. The molecule has 2 aromatic heterocycles. The number of methoxy groups -OCH3 is 1. The molecule has 0 aliphatic carbocycles. The zero-order valence-electron chi connectivity index (χ0n) is 12.7. The van der Waals surface area contributed by atoms with Crippen molar-refractivity contribution in [2.45, 2.75) is 12.9 Å². The van der Waals surface area contributed by atoms with Crippen LogP contribution in [0.15, 0.2) is 30.6 Å². The maximum atomic E-state index is 5.86. The van der Waals surface area contributed by atoms with Crippen molar-refractivity contribution in [2.24, 2.45) is 0 Å². The van der Waals surface area contributed by atoms with Crippen LogP contribution < -0.4 is 9.47 Å². The van der Waals surface area contributed by atoms with Gasteiger partial charge in [0, 0.05) is 17.8 Å². The van der Waals surface area contributed by atoms with Crippen LogP contribution in [0.2, 0.25) is 0 Å². The Balaban J connectivity index is 1.83. The number of terminal acetylenes is 1. The molecule has 118 valence electrons. The van der Waals surface area contributed by atoms with E-state index < -0.39 is 6.29 Å². The summed E-state index contributed by atoms with van der Waals surface area (Å²) in [6.45, 7) is 1.36. The molecule has 3 rings (SSSR count). The van der Waals surface area contributed by atoms with Crippen LogP contribution in [0.3, 0.4) is 0 Å². The van der Waals surface area contributed by atoms with Crippen molar-refractivity contribution in [1.29, 1.82) is 0 Å². The minimum absolute atomic E-state index is 0.279. The van der Waals surface area contributed by atoms with Gasteiger partial charge in [-0.2, -0.15) is 0 Å². The molecule has 0 atom stereocenters. The largest absolute Gasteiger partial charge is 0.487 e. The highest BCUT2D eigenvalue weighted by atomic mass is 16.7. The molecule has 6 heteroatoms. The average molecular weight is 312 g/mol. The molecule has 0 unspecified atom stereocenters. The first-order valence-electron chi connectivity index (χ1n) is 7.12. The second kappa shape index (κ2) is 7.09. The zero-order valence-corrected chi connectivity index (χ0v) is 12.7. The quantitative estimate of drug-likeness (QED) is 0.788. The molecule has 0 amide bonds. The Morgan fingerprint density at radius 1 is 1.35 bits per heavy atom. The smallest absolute Gasteiger partial charge is 0.213 e. The topological polar surface area (TPSA) is 62.7 Å². The van der Waals surface area contributed by atoms with Crippen LogP contribution in [0.25, 0.3) is 0 Å². The maximum Gasteiger partial charge on any atom is 0.213 e. The summed E-state index contributed by atoms with van der Waals surface area (Å²) in [6, 6.07) is 5.44. The van der Waals surface area contributed by atoms with Crippen molar-refractivity contribution in [3.8, 4) is 24.0 Å². The van der Waals surface area contributed by atoms with E-state index in [1.807, 2.05) is 12.1 Å². The molecule has 1 aliphatic rings. The molecule has 3 heterocycles. The Hall–Kier alpha value is -2.62. The fourth-order valence-electron chi connectivity index (χ4n) is 2.23.